The number of carbonyl (C=O) groups excluding carboxylic acids is 3. The van der Waals surface area contributed by atoms with Crippen LogP contribution in [0, 0.1) is 0 Å². The van der Waals surface area contributed by atoms with Crippen molar-refractivity contribution >= 4 is 17.7 Å². The summed E-state index contributed by atoms with van der Waals surface area (Å²) in [4.78, 5) is 42.7. The van der Waals surface area contributed by atoms with Crippen molar-refractivity contribution in [3.05, 3.63) is 46.8 Å². The van der Waals surface area contributed by atoms with Crippen molar-refractivity contribution in [2.45, 2.75) is 19.9 Å². The van der Waals surface area contributed by atoms with Gasteiger partial charge in [-0.1, -0.05) is 0 Å². The van der Waals surface area contributed by atoms with E-state index in [0.29, 0.717) is 62.7 Å². The number of nitrogens with zero attached hydrogens (tertiary/aromatic N) is 4. The smallest absolute Gasteiger partial charge is 0.274 e. The van der Waals surface area contributed by atoms with E-state index in [1.807, 2.05) is 0 Å². The Hall–Kier alpha value is -3.36. The van der Waals surface area contributed by atoms with Crippen molar-refractivity contribution in [2.24, 2.45) is 0 Å². The van der Waals surface area contributed by atoms with Gasteiger partial charge >= 0.3 is 0 Å². The summed E-state index contributed by atoms with van der Waals surface area (Å²) in [6.07, 6.45) is 0.621. The number of fused-ring (bicyclic) bond motifs is 1. The van der Waals surface area contributed by atoms with Crippen LogP contribution in [-0.2, 0) is 17.8 Å². The lowest BCUT2D eigenvalue weighted by Crippen LogP contribution is -2.50. The summed E-state index contributed by atoms with van der Waals surface area (Å²) in [5, 5.41) is 7.24. The van der Waals surface area contributed by atoms with Gasteiger partial charge < -0.3 is 19.4 Å². The molecule has 1 aromatic carbocycles. The fourth-order valence-electron chi connectivity index (χ4n) is 3.94. The summed E-state index contributed by atoms with van der Waals surface area (Å²) in [7, 11) is 1.58. The second kappa shape index (κ2) is 8.17. The highest BCUT2D eigenvalue weighted by Gasteiger charge is 2.31. The molecule has 0 atom stereocenters. The molecular formula is C21H25N5O4. The minimum atomic E-state index is -0.158. The van der Waals surface area contributed by atoms with Crippen LogP contribution in [0.3, 0.4) is 0 Å². The molecule has 158 valence electrons. The zero-order valence-electron chi connectivity index (χ0n) is 17.2. The fraction of sp³-hybridized carbons (Fsp3) is 0.429. The number of benzene rings is 1. The number of rotatable bonds is 3. The first-order valence-corrected chi connectivity index (χ1v) is 10.0. The Balaban J connectivity index is 1.47. The Morgan fingerprint density at radius 3 is 2.23 bits per heavy atom. The van der Waals surface area contributed by atoms with Crippen molar-refractivity contribution in [2.75, 3.05) is 39.8 Å². The van der Waals surface area contributed by atoms with Gasteiger partial charge in [-0.3, -0.25) is 19.5 Å². The van der Waals surface area contributed by atoms with Crippen LogP contribution in [0.25, 0.3) is 0 Å². The molecule has 0 unspecified atom stereocenters. The lowest BCUT2D eigenvalue weighted by atomic mass is 10.0. The van der Waals surface area contributed by atoms with E-state index >= 15 is 0 Å². The van der Waals surface area contributed by atoms with Gasteiger partial charge in [0, 0.05) is 62.9 Å². The molecule has 0 saturated carbocycles. The molecule has 9 heteroatoms. The predicted octanol–water partition coefficient (Wildman–Crippen LogP) is 0.921. The van der Waals surface area contributed by atoms with Gasteiger partial charge in [0.25, 0.3) is 11.8 Å². The highest BCUT2D eigenvalue weighted by atomic mass is 16.5. The van der Waals surface area contributed by atoms with Gasteiger partial charge in [-0.25, -0.2) is 0 Å². The Morgan fingerprint density at radius 2 is 1.60 bits per heavy atom. The van der Waals surface area contributed by atoms with Gasteiger partial charge in [-0.2, -0.15) is 5.10 Å². The Morgan fingerprint density at radius 1 is 0.933 bits per heavy atom. The van der Waals surface area contributed by atoms with Crippen molar-refractivity contribution in [1.82, 2.24) is 24.9 Å². The number of amides is 3. The van der Waals surface area contributed by atoms with Gasteiger partial charge in [0.1, 0.15) is 5.75 Å². The molecule has 0 spiro atoms. The lowest BCUT2D eigenvalue weighted by molar-refractivity contribution is -0.130. The van der Waals surface area contributed by atoms with E-state index in [1.165, 1.54) is 6.92 Å². The van der Waals surface area contributed by atoms with Crippen LogP contribution in [0.4, 0.5) is 0 Å². The van der Waals surface area contributed by atoms with Crippen molar-refractivity contribution < 1.29 is 19.1 Å². The number of aromatic amines is 1. The molecule has 2 aliphatic rings. The molecule has 0 bridgehead atoms. The number of hydrogen-bond acceptors (Lipinski definition) is 5. The standard InChI is InChI=1S/C21H25N5O4/c1-14(27)24-9-11-25(12-10-24)21(29)19-17-13-26(8-7-18(17)22-23-19)20(28)15-3-5-16(30-2)6-4-15/h3-6H,7-13H2,1-2H3,(H,22,23). The van der Waals surface area contributed by atoms with Gasteiger partial charge in [0.15, 0.2) is 5.69 Å². The summed E-state index contributed by atoms with van der Waals surface area (Å²) in [6.45, 7) is 4.45. The predicted molar refractivity (Wildman–Crippen MR) is 108 cm³/mol. The second-order valence-electron chi connectivity index (χ2n) is 7.53. The summed E-state index contributed by atoms with van der Waals surface area (Å²) in [5.74, 6) is 0.472. The van der Waals surface area contributed by atoms with Crippen LogP contribution in [0.2, 0.25) is 0 Å². The normalized spacial score (nSPS) is 16.3. The maximum atomic E-state index is 13.0. The van der Waals surface area contributed by atoms with Crippen LogP contribution >= 0.6 is 0 Å². The van der Waals surface area contributed by atoms with E-state index in [2.05, 4.69) is 10.2 Å². The van der Waals surface area contributed by atoms with Gasteiger partial charge in [0.05, 0.1) is 13.7 Å². The van der Waals surface area contributed by atoms with Gasteiger partial charge in [0.2, 0.25) is 5.91 Å². The lowest BCUT2D eigenvalue weighted by Gasteiger charge is -2.34. The number of nitrogens with one attached hydrogen (secondary N) is 1. The van der Waals surface area contributed by atoms with Crippen LogP contribution < -0.4 is 4.74 Å². The number of piperazine rings is 1. The van der Waals surface area contributed by atoms with E-state index < -0.39 is 0 Å². The number of hydrogen-bond donors (Lipinski definition) is 1. The SMILES string of the molecule is COc1ccc(C(=O)N2CCc3[nH]nc(C(=O)N4CCN(C(C)=O)CC4)c3C2)cc1. The minimum absolute atomic E-state index is 0.0203. The zero-order valence-corrected chi connectivity index (χ0v) is 17.2. The van der Waals surface area contributed by atoms with E-state index in [0.717, 1.165) is 11.3 Å². The molecule has 30 heavy (non-hydrogen) atoms. The minimum Gasteiger partial charge on any atom is -0.497 e. The second-order valence-corrected chi connectivity index (χ2v) is 7.53. The summed E-state index contributed by atoms with van der Waals surface area (Å²) in [5.41, 5.74) is 2.63. The first kappa shape index (κ1) is 19.9. The highest BCUT2D eigenvalue weighted by molar-refractivity contribution is 5.96. The highest BCUT2D eigenvalue weighted by Crippen LogP contribution is 2.24. The summed E-state index contributed by atoms with van der Waals surface area (Å²) >= 11 is 0. The van der Waals surface area contributed by atoms with Crippen LogP contribution in [0.15, 0.2) is 24.3 Å². The molecule has 1 fully saturated rings. The average molecular weight is 411 g/mol. The average Bonchev–Trinajstić information content (AvgIpc) is 3.21. The van der Waals surface area contributed by atoms with E-state index in [-0.39, 0.29) is 17.7 Å². The topological polar surface area (TPSA) is 98.8 Å². The Kier molecular flexibility index (Phi) is 5.43. The first-order valence-electron chi connectivity index (χ1n) is 10.0. The van der Waals surface area contributed by atoms with Crippen molar-refractivity contribution in [3.63, 3.8) is 0 Å². The van der Waals surface area contributed by atoms with Crippen LogP contribution in [0.5, 0.6) is 5.75 Å². The third-order valence-corrected chi connectivity index (χ3v) is 5.77. The molecule has 9 nitrogen and oxygen atoms in total. The molecular weight excluding hydrogens is 386 g/mol. The molecule has 3 amide bonds. The molecule has 4 rings (SSSR count). The van der Waals surface area contributed by atoms with Crippen LogP contribution in [0.1, 0.15) is 39.0 Å². The van der Waals surface area contributed by atoms with E-state index in [4.69, 9.17) is 4.74 Å². The number of carbonyl (C=O) groups is 3. The molecule has 2 aromatic rings. The summed E-state index contributed by atoms with van der Waals surface area (Å²) < 4.78 is 5.15. The van der Waals surface area contributed by atoms with Gasteiger partial charge in [-0.15, -0.1) is 0 Å². The quantitative estimate of drug-likeness (QED) is 0.810. The zero-order chi connectivity index (χ0) is 21.3. The Bertz CT molecular complexity index is 960. The molecule has 0 aliphatic carbocycles. The van der Waals surface area contributed by atoms with E-state index in [9.17, 15) is 14.4 Å². The number of aromatic nitrogens is 2. The first-order chi connectivity index (χ1) is 14.5. The number of H-pyrrole nitrogens is 1. The fourth-order valence-corrected chi connectivity index (χ4v) is 3.94. The molecule has 1 saturated heterocycles. The number of methoxy groups -OCH3 is 1. The van der Waals surface area contributed by atoms with Crippen LogP contribution in [-0.4, -0.2) is 82.5 Å². The van der Waals surface area contributed by atoms with Crippen molar-refractivity contribution in [3.8, 4) is 5.75 Å². The molecule has 1 aromatic heterocycles. The number of ether oxygens (including phenoxy) is 1. The monoisotopic (exact) mass is 411 g/mol. The molecule has 1 N–H and O–H groups in total. The van der Waals surface area contributed by atoms with E-state index in [1.54, 1.807) is 46.1 Å². The largest absolute Gasteiger partial charge is 0.497 e. The third-order valence-electron chi connectivity index (χ3n) is 5.77. The van der Waals surface area contributed by atoms with Crippen molar-refractivity contribution in [1.29, 1.82) is 0 Å². The molecule has 2 aliphatic heterocycles. The maximum Gasteiger partial charge on any atom is 0.274 e. The van der Waals surface area contributed by atoms with Gasteiger partial charge in [-0.05, 0) is 24.3 Å². The molecule has 0 radical (unpaired) electrons. The Labute approximate surface area is 174 Å². The maximum absolute atomic E-state index is 13.0. The third kappa shape index (κ3) is 3.74. The molecule has 3 heterocycles. The summed E-state index contributed by atoms with van der Waals surface area (Å²) in [6, 6.07) is 7.01.